The van der Waals surface area contributed by atoms with Crippen molar-refractivity contribution in [2.24, 2.45) is 0 Å². The van der Waals surface area contributed by atoms with E-state index in [1.54, 1.807) is 24.3 Å². The maximum absolute atomic E-state index is 12.3. The minimum absolute atomic E-state index is 0.0869. The van der Waals surface area contributed by atoms with Crippen LogP contribution in [0.15, 0.2) is 23.1 Å². The lowest BCUT2D eigenvalue weighted by atomic mass is 10.1. The number of imide groups is 1. The van der Waals surface area contributed by atoms with Gasteiger partial charge in [0.25, 0.3) is 11.1 Å². The van der Waals surface area contributed by atoms with E-state index >= 15 is 0 Å². The van der Waals surface area contributed by atoms with Crippen molar-refractivity contribution in [3.63, 3.8) is 0 Å². The summed E-state index contributed by atoms with van der Waals surface area (Å²) < 4.78 is 10.4. The van der Waals surface area contributed by atoms with Crippen LogP contribution >= 0.6 is 11.8 Å². The summed E-state index contributed by atoms with van der Waals surface area (Å²) in [6.45, 7) is 0.0869. The van der Waals surface area contributed by atoms with Crippen molar-refractivity contribution in [1.29, 1.82) is 0 Å². The van der Waals surface area contributed by atoms with Gasteiger partial charge < -0.3 is 14.6 Å². The third-order valence-corrected chi connectivity index (χ3v) is 4.28. The minimum atomic E-state index is -0.960. The summed E-state index contributed by atoms with van der Waals surface area (Å²) in [6, 6.07) is 5.15. The molecule has 1 aliphatic rings. The lowest BCUT2D eigenvalue weighted by molar-refractivity contribution is -0.137. The molecule has 24 heavy (non-hydrogen) atoms. The average Bonchev–Trinajstić information content (AvgIpc) is 2.81. The Kier molecular flexibility index (Phi) is 5.86. The van der Waals surface area contributed by atoms with E-state index in [4.69, 9.17) is 14.6 Å². The number of benzene rings is 1. The van der Waals surface area contributed by atoms with Crippen LogP contribution in [0.25, 0.3) is 6.08 Å². The number of carboxylic acids is 1. The molecular weight excluding hydrogens is 334 g/mol. The molecule has 0 bridgehead atoms. The number of methoxy groups -OCH3 is 2. The van der Waals surface area contributed by atoms with Gasteiger partial charge in [-0.1, -0.05) is 0 Å². The maximum atomic E-state index is 12.3. The molecule has 1 fully saturated rings. The topological polar surface area (TPSA) is 93.1 Å². The van der Waals surface area contributed by atoms with E-state index in [9.17, 15) is 14.4 Å². The molecule has 0 aliphatic carbocycles. The van der Waals surface area contributed by atoms with Gasteiger partial charge in [-0.2, -0.15) is 0 Å². The number of amides is 2. The highest BCUT2D eigenvalue weighted by atomic mass is 32.2. The van der Waals surface area contributed by atoms with Crippen LogP contribution in [0.4, 0.5) is 4.79 Å². The van der Waals surface area contributed by atoms with E-state index in [-0.39, 0.29) is 24.3 Å². The molecule has 1 aliphatic heterocycles. The average molecular weight is 351 g/mol. The Balaban J connectivity index is 2.20. The van der Waals surface area contributed by atoms with Crippen molar-refractivity contribution in [2.45, 2.75) is 12.8 Å². The predicted molar refractivity (Wildman–Crippen MR) is 89.1 cm³/mol. The van der Waals surface area contributed by atoms with Gasteiger partial charge in [-0.25, -0.2) is 0 Å². The molecule has 7 nitrogen and oxygen atoms in total. The van der Waals surface area contributed by atoms with Crippen LogP contribution in [0.1, 0.15) is 18.4 Å². The highest BCUT2D eigenvalue weighted by molar-refractivity contribution is 8.18. The Hall–Kier alpha value is -2.48. The number of thioether (sulfide) groups is 1. The van der Waals surface area contributed by atoms with Crippen molar-refractivity contribution in [2.75, 3.05) is 20.8 Å². The summed E-state index contributed by atoms with van der Waals surface area (Å²) in [5, 5.41) is 8.24. The first kappa shape index (κ1) is 17.9. The van der Waals surface area contributed by atoms with Gasteiger partial charge in [-0.05, 0) is 42.5 Å². The fourth-order valence-corrected chi connectivity index (χ4v) is 3.03. The van der Waals surface area contributed by atoms with Gasteiger partial charge in [-0.3, -0.25) is 19.3 Å². The van der Waals surface area contributed by atoms with Crippen molar-refractivity contribution >= 4 is 35.0 Å². The minimum Gasteiger partial charge on any atom is -0.497 e. The highest BCUT2D eigenvalue weighted by Gasteiger charge is 2.34. The first-order chi connectivity index (χ1) is 11.5. The second kappa shape index (κ2) is 7.87. The molecule has 1 aromatic rings. The summed E-state index contributed by atoms with van der Waals surface area (Å²) >= 11 is 0.823. The fourth-order valence-electron chi connectivity index (χ4n) is 2.17. The number of hydrogen-bond acceptors (Lipinski definition) is 6. The molecule has 0 atom stereocenters. The molecule has 1 aromatic carbocycles. The summed E-state index contributed by atoms with van der Waals surface area (Å²) in [6.07, 6.45) is 1.71. The third kappa shape index (κ3) is 4.08. The smallest absolute Gasteiger partial charge is 0.303 e. The molecule has 128 valence electrons. The van der Waals surface area contributed by atoms with Crippen molar-refractivity contribution in [3.8, 4) is 11.5 Å². The highest BCUT2D eigenvalue weighted by Crippen LogP contribution is 2.35. The van der Waals surface area contributed by atoms with Gasteiger partial charge in [0.2, 0.25) is 0 Å². The van der Waals surface area contributed by atoms with Crippen LogP contribution in [-0.4, -0.2) is 47.9 Å². The number of carboxylic acid groups (broad SMARTS) is 1. The number of hydrogen-bond donors (Lipinski definition) is 1. The Bertz CT molecular complexity index is 700. The third-order valence-electron chi connectivity index (χ3n) is 3.37. The molecule has 2 amide bonds. The van der Waals surface area contributed by atoms with Gasteiger partial charge >= 0.3 is 5.97 Å². The molecule has 0 aromatic heterocycles. The Morgan fingerprint density at radius 1 is 1.29 bits per heavy atom. The first-order valence-corrected chi connectivity index (χ1v) is 7.97. The van der Waals surface area contributed by atoms with Gasteiger partial charge in [-0.15, -0.1) is 0 Å². The van der Waals surface area contributed by atoms with E-state index in [1.807, 2.05) is 0 Å². The zero-order chi connectivity index (χ0) is 17.7. The number of aliphatic carboxylic acids is 1. The monoisotopic (exact) mass is 351 g/mol. The Labute approximate surface area is 143 Å². The predicted octanol–water partition coefficient (Wildman–Crippen LogP) is 2.60. The molecule has 8 heteroatoms. The van der Waals surface area contributed by atoms with Crippen LogP contribution in [0.2, 0.25) is 0 Å². The van der Waals surface area contributed by atoms with E-state index in [2.05, 4.69) is 0 Å². The largest absolute Gasteiger partial charge is 0.497 e. The summed E-state index contributed by atoms with van der Waals surface area (Å²) in [5.41, 5.74) is 0.618. The number of carbonyl (C=O) groups is 3. The number of rotatable bonds is 7. The molecular formula is C16H17NO6S. The zero-order valence-electron chi connectivity index (χ0n) is 13.3. The van der Waals surface area contributed by atoms with Crippen LogP contribution in [0.5, 0.6) is 11.5 Å². The maximum Gasteiger partial charge on any atom is 0.303 e. The molecule has 0 radical (unpaired) electrons. The quantitative estimate of drug-likeness (QED) is 0.755. The first-order valence-electron chi connectivity index (χ1n) is 7.15. The van der Waals surface area contributed by atoms with Gasteiger partial charge in [0.15, 0.2) is 0 Å². The van der Waals surface area contributed by atoms with E-state index in [1.165, 1.54) is 14.2 Å². The molecule has 2 rings (SSSR count). The summed E-state index contributed by atoms with van der Waals surface area (Å²) in [7, 11) is 3.04. The lowest BCUT2D eigenvalue weighted by Crippen LogP contribution is -2.29. The van der Waals surface area contributed by atoms with Crippen LogP contribution < -0.4 is 9.47 Å². The van der Waals surface area contributed by atoms with E-state index in [0.29, 0.717) is 17.1 Å². The van der Waals surface area contributed by atoms with Crippen LogP contribution in [0, 0.1) is 0 Å². The normalized spacial score (nSPS) is 15.9. The van der Waals surface area contributed by atoms with E-state index < -0.39 is 17.1 Å². The number of carbonyl (C=O) groups excluding carboxylic acids is 2. The molecule has 1 saturated heterocycles. The standard InChI is InChI=1S/C16H17NO6S/c1-22-11-5-6-12(23-2)10(8-11)9-13-15(20)17(16(21)24-13)7-3-4-14(18)19/h5-6,8-9H,3-4,7H2,1-2H3,(H,18,19). The van der Waals surface area contributed by atoms with Crippen molar-refractivity contribution < 1.29 is 29.0 Å². The van der Waals surface area contributed by atoms with Gasteiger partial charge in [0.05, 0.1) is 19.1 Å². The van der Waals surface area contributed by atoms with Gasteiger partial charge in [0.1, 0.15) is 11.5 Å². The fraction of sp³-hybridized carbons (Fsp3) is 0.312. The molecule has 1 N–H and O–H groups in total. The Morgan fingerprint density at radius 3 is 2.67 bits per heavy atom. The summed E-state index contributed by atoms with van der Waals surface area (Å²) in [4.78, 5) is 36.2. The van der Waals surface area contributed by atoms with E-state index in [0.717, 1.165) is 16.7 Å². The van der Waals surface area contributed by atoms with Crippen molar-refractivity contribution in [1.82, 2.24) is 4.90 Å². The molecule has 0 unspecified atom stereocenters. The van der Waals surface area contributed by atoms with Crippen LogP contribution in [0.3, 0.4) is 0 Å². The number of ether oxygens (including phenoxy) is 2. The van der Waals surface area contributed by atoms with Crippen LogP contribution in [-0.2, 0) is 9.59 Å². The SMILES string of the molecule is COc1ccc(OC)c(C=C2SC(=O)N(CCCC(=O)O)C2=O)c1. The second-order valence-corrected chi connectivity index (χ2v) is 5.93. The Morgan fingerprint density at radius 2 is 2.04 bits per heavy atom. The van der Waals surface area contributed by atoms with Gasteiger partial charge in [0, 0.05) is 18.5 Å². The molecule has 1 heterocycles. The molecule has 0 spiro atoms. The molecule has 0 saturated carbocycles. The summed E-state index contributed by atoms with van der Waals surface area (Å²) in [5.74, 6) is -0.241. The number of nitrogens with zero attached hydrogens (tertiary/aromatic N) is 1. The van der Waals surface area contributed by atoms with Crippen molar-refractivity contribution in [3.05, 3.63) is 28.7 Å². The second-order valence-electron chi connectivity index (χ2n) is 4.94. The zero-order valence-corrected chi connectivity index (χ0v) is 14.1. The lowest BCUT2D eigenvalue weighted by Gasteiger charge is -2.11.